The lowest BCUT2D eigenvalue weighted by Crippen LogP contribution is -2.32. The summed E-state index contributed by atoms with van der Waals surface area (Å²) < 4.78 is 0. The third kappa shape index (κ3) is 5.21. The Balaban J connectivity index is 2.82. The molecule has 6 heteroatoms. The van der Waals surface area contributed by atoms with Crippen molar-refractivity contribution in [2.75, 3.05) is 37.3 Å². The van der Waals surface area contributed by atoms with E-state index in [9.17, 15) is 4.79 Å². The van der Waals surface area contributed by atoms with Crippen LogP contribution in [0.1, 0.15) is 39.2 Å². The van der Waals surface area contributed by atoms with Crippen LogP contribution in [-0.4, -0.2) is 47.5 Å². The molecule has 1 heterocycles. The number of nitrogens with one attached hydrogen (secondary N) is 2. The fourth-order valence-corrected chi connectivity index (χ4v) is 1.92. The van der Waals surface area contributed by atoms with Gasteiger partial charge in [-0.15, -0.1) is 0 Å². The van der Waals surface area contributed by atoms with Gasteiger partial charge >= 0.3 is 0 Å². The Morgan fingerprint density at radius 2 is 1.81 bits per heavy atom. The maximum Gasteiger partial charge on any atom is 0.241 e. The van der Waals surface area contributed by atoms with Gasteiger partial charge in [-0.1, -0.05) is 20.3 Å². The van der Waals surface area contributed by atoms with E-state index in [-0.39, 0.29) is 12.5 Å². The maximum absolute atomic E-state index is 11.9. The highest BCUT2D eigenvalue weighted by molar-refractivity contribution is 5.80. The van der Waals surface area contributed by atoms with Gasteiger partial charge in [-0.3, -0.25) is 4.79 Å². The minimum atomic E-state index is 0.0571. The minimum Gasteiger partial charge on any atom is -0.370 e. The van der Waals surface area contributed by atoms with Gasteiger partial charge in [-0.05, 0) is 19.8 Å². The molecule has 0 saturated heterocycles. The van der Waals surface area contributed by atoms with Crippen molar-refractivity contribution >= 4 is 17.5 Å². The Labute approximate surface area is 127 Å². The second kappa shape index (κ2) is 9.15. The zero-order chi connectivity index (χ0) is 15.7. The van der Waals surface area contributed by atoms with Crippen LogP contribution in [0.5, 0.6) is 0 Å². The van der Waals surface area contributed by atoms with Gasteiger partial charge < -0.3 is 15.5 Å². The summed E-state index contributed by atoms with van der Waals surface area (Å²) in [4.78, 5) is 22.2. The summed E-state index contributed by atoms with van der Waals surface area (Å²) in [6.45, 7) is 8.03. The number of rotatable bonds is 9. The van der Waals surface area contributed by atoms with Crippen LogP contribution < -0.4 is 10.6 Å². The van der Waals surface area contributed by atoms with Crippen LogP contribution in [-0.2, 0) is 11.2 Å². The number of amides is 1. The van der Waals surface area contributed by atoms with E-state index in [4.69, 9.17) is 0 Å². The van der Waals surface area contributed by atoms with Crippen molar-refractivity contribution in [1.29, 1.82) is 0 Å². The highest BCUT2D eigenvalue weighted by atomic mass is 16.2. The maximum atomic E-state index is 11.9. The highest BCUT2D eigenvalue weighted by Crippen LogP contribution is 2.21. The van der Waals surface area contributed by atoms with Gasteiger partial charge in [-0.2, -0.15) is 0 Å². The number of hydrogen-bond donors (Lipinski definition) is 2. The average Bonchev–Trinajstić information content (AvgIpc) is 2.51. The molecule has 0 aliphatic carbocycles. The van der Waals surface area contributed by atoms with Crippen molar-refractivity contribution in [3.8, 4) is 0 Å². The Bertz CT molecular complexity index is 450. The summed E-state index contributed by atoms with van der Waals surface area (Å²) >= 11 is 0. The summed E-state index contributed by atoms with van der Waals surface area (Å²) in [5, 5.41) is 6.47. The van der Waals surface area contributed by atoms with Gasteiger partial charge in [-0.25, -0.2) is 9.97 Å². The monoisotopic (exact) mass is 293 g/mol. The number of carbonyl (C=O) groups excluding carboxylic acids is 1. The zero-order valence-electron chi connectivity index (χ0n) is 13.6. The third-order valence-corrected chi connectivity index (χ3v) is 3.29. The molecule has 1 rings (SSSR count). The molecule has 1 amide bonds. The number of likely N-dealkylation sites (N-methyl/N-ethyl adjacent to an activating group) is 1. The molecule has 6 nitrogen and oxygen atoms in total. The van der Waals surface area contributed by atoms with E-state index >= 15 is 0 Å². The molecule has 0 saturated carbocycles. The van der Waals surface area contributed by atoms with Gasteiger partial charge in [0.25, 0.3) is 0 Å². The zero-order valence-corrected chi connectivity index (χ0v) is 13.6. The van der Waals surface area contributed by atoms with Gasteiger partial charge in [0.1, 0.15) is 18.0 Å². The second-order valence-corrected chi connectivity index (χ2v) is 4.99. The summed E-state index contributed by atoms with van der Waals surface area (Å²) in [6, 6.07) is 0. The highest BCUT2D eigenvalue weighted by Gasteiger charge is 2.12. The molecular formula is C15H27N5O. The van der Waals surface area contributed by atoms with E-state index in [1.807, 2.05) is 6.92 Å². The molecule has 0 aliphatic heterocycles. The second-order valence-electron chi connectivity index (χ2n) is 4.99. The van der Waals surface area contributed by atoms with E-state index in [0.717, 1.165) is 43.0 Å². The molecule has 1 aromatic rings. The average molecular weight is 293 g/mol. The van der Waals surface area contributed by atoms with E-state index in [1.54, 1.807) is 11.9 Å². The molecular weight excluding hydrogens is 266 g/mol. The van der Waals surface area contributed by atoms with Gasteiger partial charge in [0, 0.05) is 25.7 Å². The van der Waals surface area contributed by atoms with Crippen molar-refractivity contribution in [3.63, 3.8) is 0 Å². The molecule has 1 aromatic heterocycles. The van der Waals surface area contributed by atoms with Crippen LogP contribution in [0.25, 0.3) is 0 Å². The predicted octanol–water partition coefficient (Wildman–Crippen LogP) is 2.14. The third-order valence-electron chi connectivity index (χ3n) is 3.29. The molecule has 0 spiro atoms. The van der Waals surface area contributed by atoms with Crippen LogP contribution in [0.15, 0.2) is 6.33 Å². The first kappa shape index (κ1) is 17.2. The van der Waals surface area contributed by atoms with Gasteiger partial charge in [0.15, 0.2) is 0 Å². The van der Waals surface area contributed by atoms with E-state index in [0.29, 0.717) is 6.54 Å². The molecule has 0 aromatic carbocycles. The molecule has 0 atom stereocenters. The minimum absolute atomic E-state index is 0.0571. The first-order chi connectivity index (χ1) is 10.1. The van der Waals surface area contributed by atoms with Crippen LogP contribution in [0.2, 0.25) is 0 Å². The SMILES string of the molecule is CCCNc1ncnc(NCC(=O)N(C)CC)c1CCC. The van der Waals surface area contributed by atoms with E-state index in [2.05, 4.69) is 34.4 Å². The lowest BCUT2D eigenvalue weighted by Gasteiger charge is -2.17. The molecule has 21 heavy (non-hydrogen) atoms. The molecule has 0 unspecified atom stereocenters. The molecule has 118 valence electrons. The molecule has 0 aliphatic rings. The normalized spacial score (nSPS) is 10.3. The Kier molecular flexibility index (Phi) is 7.50. The number of aromatic nitrogens is 2. The fraction of sp³-hybridized carbons (Fsp3) is 0.667. The van der Waals surface area contributed by atoms with Crippen LogP contribution >= 0.6 is 0 Å². The van der Waals surface area contributed by atoms with Crippen LogP contribution in [0.4, 0.5) is 11.6 Å². The lowest BCUT2D eigenvalue weighted by atomic mass is 10.1. The number of hydrogen-bond acceptors (Lipinski definition) is 5. The van der Waals surface area contributed by atoms with Crippen molar-refractivity contribution in [2.24, 2.45) is 0 Å². The molecule has 0 fully saturated rings. The first-order valence-corrected chi connectivity index (χ1v) is 7.69. The van der Waals surface area contributed by atoms with Gasteiger partial charge in [0.2, 0.25) is 5.91 Å². The number of nitrogens with zero attached hydrogens (tertiary/aromatic N) is 3. The molecule has 0 radical (unpaired) electrons. The quantitative estimate of drug-likeness (QED) is 0.730. The van der Waals surface area contributed by atoms with Crippen LogP contribution in [0, 0.1) is 0 Å². The van der Waals surface area contributed by atoms with E-state index in [1.165, 1.54) is 6.33 Å². The van der Waals surface area contributed by atoms with Crippen molar-refractivity contribution < 1.29 is 4.79 Å². The van der Waals surface area contributed by atoms with Crippen LogP contribution in [0.3, 0.4) is 0 Å². The standard InChI is InChI=1S/C15H27N5O/c1-5-8-12-14(16-9-6-2)18-11-19-15(12)17-10-13(21)20(4)7-3/h11H,5-10H2,1-4H3,(H2,16,17,18,19). The Hall–Kier alpha value is -1.85. The number of anilines is 2. The fourth-order valence-electron chi connectivity index (χ4n) is 1.92. The van der Waals surface area contributed by atoms with Crippen molar-refractivity contribution in [1.82, 2.24) is 14.9 Å². The van der Waals surface area contributed by atoms with E-state index < -0.39 is 0 Å². The summed E-state index contributed by atoms with van der Waals surface area (Å²) in [7, 11) is 1.80. The lowest BCUT2D eigenvalue weighted by molar-refractivity contribution is -0.127. The van der Waals surface area contributed by atoms with Gasteiger partial charge in [0.05, 0.1) is 6.54 Å². The Morgan fingerprint density at radius 3 is 2.38 bits per heavy atom. The summed E-state index contributed by atoms with van der Waals surface area (Å²) in [5.74, 6) is 1.68. The topological polar surface area (TPSA) is 70.1 Å². The largest absolute Gasteiger partial charge is 0.370 e. The number of carbonyl (C=O) groups is 1. The first-order valence-electron chi connectivity index (χ1n) is 7.69. The summed E-state index contributed by atoms with van der Waals surface area (Å²) in [5.41, 5.74) is 1.06. The van der Waals surface area contributed by atoms with Crippen molar-refractivity contribution in [3.05, 3.63) is 11.9 Å². The van der Waals surface area contributed by atoms with Crippen molar-refractivity contribution in [2.45, 2.75) is 40.0 Å². The molecule has 0 bridgehead atoms. The Morgan fingerprint density at radius 1 is 1.14 bits per heavy atom. The predicted molar refractivity (Wildman–Crippen MR) is 86.6 cm³/mol. The molecule has 2 N–H and O–H groups in total. The summed E-state index contributed by atoms with van der Waals surface area (Å²) in [6.07, 6.45) is 4.46. The smallest absolute Gasteiger partial charge is 0.241 e.